The van der Waals surface area contributed by atoms with E-state index in [1.165, 1.54) is 28.7 Å². The van der Waals surface area contributed by atoms with Crippen LogP contribution in [0.5, 0.6) is 0 Å². The number of carbonyl (C=O) groups excluding carboxylic acids is 2. The molecule has 156 valence electrons. The number of hydrogen-bond donors (Lipinski definition) is 1. The van der Waals surface area contributed by atoms with Crippen molar-refractivity contribution in [3.8, 4) is 0 Å². The van der Waals surface area contributed by atoms with Gasteiger partial charge < -0.3 is 5.32 Å². The summed E-state index contributed by atoms with van der Waals surface area (Å²) in [5.41, 5.74) is 2.41. The second-order valence-corrected chi connectivity index (χ2v) is 10.1. The normalized spacial score (nSPS) is 14.7. The van der Waals surface area contributed by atoms with Crippen LogP contribution in [-0.4, -0.2) is 33.8 Å². The monoisotopic (exact) mass is 432 g/mol. The maximum atomic E-state index is 12.3. The molecule has 1 aliphatic rings. The average molecular weight is 433 g/mol. The molecule has 1 fully saturated rings. The molecule has 0 spiro atoms. The molecule has 2 amide bonds. The highest BCUT2D eigenvalue weighted by atomic mass is 32.2. The summed E-state index contributed by atoms with van der Waals surface area (Å²) in [6.45, 7) is 7.96. The van der Waals surface area contributed by atoms with E-state index in [1.54, 1.807) is 11.8 Å². The Balaban J connectivity index is 1.49. The first-order valence-electron chi connectivity index (χ1n) is 9.97. The lowest BCUT2D eigenvalue weighted by molar-refractivity contribution is -0.119. The van der Waals surface area contributed by atoms with E-state index in [0.29, 0.717) is 15.4 Å². The Morgan fingerprint density at radius 3 is 2.48 bits per heavy atom. The van der Waals surface area contributed by atoms with Crippen molar-refractivity contribution in [3.63, 3.8) is 0 Å². The Hall–Kier alpha value is -1.93. The second kappa shape index (κ2) is 9.71. The number of anilines is 1. The number of aromatic nitrogens is 2. The summed E-state index contributed by atoms with van der Waals surface area (Å²) in [6, 6.07) is 8.65. The van der Waals surface area contributed by atoms with Gasteiger partial charge in [0.05, 0.1) is 11.8 Å². The molecule has 1 aromatic heterocycles. The van der Waals surface area contributed by atoms with E-state index in [9.17, 15) is 9.59 Å². The first kappa shape index (κ1) is 21.8. The summed E-state index contributed by atoms with van der Waals surface area (Å²) in [4.78, 5) is 25.9. The third-order valence-corrected chi connectivity index (χ3v) is 6.74. The van der Waals surface area contributed by atoms with E-state index in [4.69, 9.17) is 0 Å². The van der Waals surface area contributed by atoms with Gasteiger partial charge in [0.15, 0.2) is 4.34 Å². The van der Waals surface area contributed by atoms with Crippen LogP contribution in [0.3, 0.4) is 0 Å². The van der Waals surface area contributed by atoms with Gasteiger partial charge in [0.25, 0.3) is 0 Å². The lowest BCUT2D eigenvalue weighted by atomic mass is 10.00. The van der Waals surface area contributed by atoms with E-state index in [1.807, 2.05) is 6.92 Å². The van der Waals surface area contributed by atoms with Gasteiger partial charge in [0.1, 0.15) is 0 Å². The summed E-state index contributed by atoms with van der Waals surface area (Å²) < 4.78 is 0.702. The van der Waals surface area contributed by atoms with Gasteiger partial charge >= 0.3 is 0 Å². The van der Waals surface area contributed by atoms with Crippen molar-refractivity contribution in [2.45, 2.75) is 63.4 Å². The molecule has 29 heavy (non-hydrogen) atoms. The molecule has 0 radical (unpaired) electrons. The number of nitrogens with zero attached hydrogens (tertiary/aromatic N) is 3. The van der Waals surface area contributed by atoms with E-state index >= 15 is 0 Å². The highest BCUT2D eigenvalue weighted by Crippen LogP contribution is 2.35. The van der Waals surface area contributed by atoms with Gasteiger partial charge in [-0.2, -0.15) is 0 Å². The Labute approximate surface area is 180 Å². The fourth-order valence-corrected chi connectivity index (χ4v) is 4.91. The third kappa shape index (κ3) is 6.27. The van der Waals surface area contributed by atoms with Crippen LogP contribution in [-0.2, 0) is 16.0 Å². The highest BCUT2D eigenvalue weighted by molar-refractivity contribution is 8.01. The Morgan fingerprint density at radius 1 is 1.21 bits per heavy atom. The largest absolute Gasteiger partial charge is 0.349 e. The minimum Gasteiger partial charge on any atom is -0.349 e. The lowest BCUT2D eigenvalue weighted by Crippen LogP contribution is -2.30. The Bertz CT molecular complexity index is 847. The molecule has 6 nitrogen and oxygen atoms in total. The molecular formula is C21H28N4O2S2. The molecular weight excluding hydrogens is 404 g/mol. The molecule has 1 atom stereocenters. The molecule has 0 saturated heterocycles. The maximum Gasteiger partial charge on any atom is 0.230 e. The first-order chi connectivity index (χ1) is 13.8. The lowest BCUT2D eigenvalue weighted by Gasteiger charge is -2.15. The van der Waals surface area contributed by atoms with Gasteiger partial charge in [-0.05, 0) is 43.2 Å². The van der Waals surface area contributed by atoms with Crippen LogP contribution in [0.4, 0.5) is 5.13 Å². The maximum absolute atomic E-state index is 12.3. The first-order valence-corrected chi connectivity index (χ1v) is 11.8. The molecule has 1 aliphatic carbocycles. The number of rotatable bonds is 9. The molecule has 2 aromatic rings. The molecule has 0 bridgehead atoms. The van der Waals surface area contributed by atoms with Crippen molar-refractivity contribution >= 4 is 40.0 Å². The van der Waals surface area contributed by atoms with Crippen molar-refractivity contribution in [2.75, 3.05) is 10.7 Å². The molecule has 1 aromatic carbocycles. The van der Waals surface area contributed by atoms with Crippen molar-refractivity contribution < 1.29 is 9.59 Å². The molecule has 8 heteroatoms. The Kier molecular flexibility index (Phi) is 7.29. The predicted octanol–water partition coefficient (Wildman–Crippen LogP) is 4.22. The number of thioether (sulfide) groups is 1. The van der Waals surface area contributed by atoms with Crippen LogP contribution in [0.25, 0.3) is 0 Å². The predicted molar refractivity (Wildman–Crippen MR) is 118 cm³/mol. The van der Waals surface area contributed by atoms with Crippen molar-refractivity contribution in [3.05, 3.63) is 35.4 Å². The topological polar surface area (TPSA) is 75.2 Å². The minimum absolute atomic E-state index is 0.00817. The molecule has 1 unspecified atom stereocenters. The second-order valence-electron chi connectivity index (χ2n) is 7.89. The van der Waals surface area contributed by atoms with Crippen LogP contribution in [0, 0.1) is 5.92 Å². The zero-order valence-electron chi connectivity index (χ0n) is 17.3. The van der Waals surface area contributed by atoms with Gasteiger partial charge in [0.2, 0.25) is 16.9 Å². The number of hydrogen-bond acceptors (Lipinski definition) is 6. The van der Waals surface area contributed by atoms with E-state index in [0.717, 1.165) is 24.8 Å². The van der Waals surface area contributed by atoms with Crippen LogP contribution in [0.2, 0.25) is 0 Å². The number of carbonyl (C=O) groups is 2. The number of benzene rings is 1. The van der Waals surface area contributed by atoms with Crippen LogP contribution in [0.15, 0.2) is 28.6 Å². The zero-order chi connectivity index (χ0) is 21.0. The zero-order valence-corrected chi connectivity index (χ0v) is 19.0. The molecule has 1 heterocycles. The number of nitrogens with one attached hydrogen (secondary N) is 1. The van der Waals surface area contributed by atoms with Gasteiger partial charge in [-0.1, -0.05) is 61.2 Å². The fourth-order valence-electron chi connectivity index (χ4n) is 3.15. The third-order valence-electron chi connectivity index (χ3n) is 4.68. The van der Waals surface area contributed by atoms with Crippen LogP contribution in [0.1, 0.15) is 57.7 Å². The summed E-state index contributed by atoms with van der Waals surface area (Å²) >= 11 is 2.72. The molecule has 0 aliphatic heterocycles. The van der Waals surface area contributed by atoms with Gasteiger partial charge in [-0.25, -0.2) is 0 Å². The van der Waals surface area contributed by atoms with Crippen LogP contribution >= 0.6 is 23.1 Å². The summed E-state index contributed by atoms with van der Waals surface area (Å²) in [5, 5.41) is 11.9. The summed E-state index contributed by atoms with van der Waals surface area (Å²) in [5.74, 6) is 0.846. The number of amides is 2. The summed E-state index contributed by atoms with van der Waals surface area (Å²) in [7, 11) is 0. The highest BCUT2D eigenvalue weighted by Gasteiger charge is 2.34. The average Bonchev–Trinajstić information content (AvgIpc) is 3.37. The van der Waals surface area contributed by atoms with Gasteiger partial charge in [-0.3, -0.25) is 14.5 Å². The quantitative estimate of drug-likeness (QED) is 0.474. The minimum atomic E-state index is -0.0516. The van der Waals surface area contributed by atoms with Crippen LogP contribution < -0.4 is 10.2 Å². The van der Waals surface area contributed by atoms with Gasteiger partial charge in [0, 0.05) is 13.0 Å². The van der Waals surface area contributed by atoms with Crippen molar-refractivity contribution in [1.29, 1.82) is 0 Å². The molecule has 1 N–H and O–H groups in total. The van der Waals surface area contributed by atoms with E-state index < -0.39 is 0 Å². The fraction of sp³-hybridized carbons (Fsp3) is 0.524. The van der Waals surface area contributed by atoms with E-state index in [2.05, 4.69) is 53.6 Å². The molecule has 1 saturated carbocycles. The summed E-state index contributed by atoms with van der Waals surface area (Å²) in [6.07, 6.45) is 3.09. The smallest absolute Gasteiger partial charge is 0.230 e. The Morgan fingerprint density at radius 2 is 1.90 bits per heavy atom. The van der Waals surface area contributed by atoms with E-state index in [-0.39, 0.29) is 29.7 Å². The van der Waals surface area contributed by atoms with Gasteiger partial charge in [-0.15, -0.1) is 10.2 Å². The van der Waals surface area contributed by atoms with Crippen molar-refractivity contribution in [1.82, 2.24) is 15.5 Å². The SMILES string of the molecule is CC(=O)N(c1nnc(SCC(=O)NC(C)c2ccc(CC(C)C)cc2)s1)C1CC1. The standard InChI is InChI=1S/C21H28N4O2S2/c1-13(2)11-16-5-7-17(8-6-16)14(3)22-19(27)12-28-21-24-23-20(29-21)25(15(4)26)18-9-10-18/h5-8,13-14,18H,9-12H2,1-4H3,(H,22,27). The van der Waals surface area contributed by atoms with Crippen molar-refractivity contribution in [2.24, 2.45) is 5.92 Å². The molecule has 3 rings (SSSR count).